The number of aliphatic hydroxyl groups is 2. The Morgan fingerprint density at radius 1 is 1.00 bits per heavy atom. The van der Waals surface area contributed by atoms with Crippen LogP contribution in [0.15, 0.2) is 0 Å². The number of hydrogen-bond acceptors (Lipinski definition) is 8. The lowest BCUT2D eigenvalue weighted by atomic mass is 9.41. The van der Waals surface area contributed by atoms with Crippen molar-refractivity contribution >= 4 is 0 Å². The summed E-state index contributed by atoms with van der Waals surface area (Å²) in [6.07, 6.45) is 8.44. The molecule has 3 heterocycles. The molecule has 8 aliphatic rings. The molecule has 0 aromatic rings. The number of hydrogen-bond donors (Lipinski definition) is 3. The lowest BCUT2D eigenvalue weighted by Crippen LogP contribution is -2.60. The molecule has 8 nitrogen and oxygen atoms in total. The van der Waals surface area contributed by atoms with Gasteiger partial charge in [0, 0.05) is 12.0 Å². The Bertz CT molecular complexity index is 1170. The normalized spacial score (nSPS) is 54.9. The van der Waals surface area contributed by atoms with Crippen molar-refractivity contribution in [2.75, 3.05) is 32.9 Å². The lowest BCUT2D eigenvalue weighted by Gasteiger charge is -2.64. The second-order valence-electron chi connectivity index (χ2n) is 18.8. The van der Waals surface area contributed by atoms with Crippen LogP contribution in [-0.2, 0) is 18.9 Å². The summed E-state index contributed by atoms with van der Waals surface area (Å²) in [5.74, 6) is 1.85. The maximum absolute atomic E-state index is 12.5. The van der Waals surface area contributed by atoms with Gasteiger partial charge in [0.1, 0.15) is 0 Å². The highest BCUT2D eigenvalue weighted by Gasteiger charge is 2.84. The Labute approximate surface area is 271 Å². The zero-order chi connectivity index (χ0) is 31.9. The predicted octanol–water partition coefficient (Wildman–Crippen LogP) is 4.34. The molecule has 45 heavy (non-hydrogen) atoms. The van der Waals surface area contributed by atoms with Crippen LogP contribution < -0.4 is 5.73 Å². The van der Waals surface area contributed by atoms with Crippen LogP contribution in [0.1, 0.15) is 99.8 Å². The van der Waals surface area contributed by atoms with E-state index in [1.54, 1.807) is 13.8 Å². The molecule has 8 heteroatoms. The minimum Gasteiger partial charge on any atom is -0.390 e. The average Bonchev–Trinajstić information content (AvgIpc) is 3.57. The molecule has 4 N–H and O–H groups in total. The van der Waals surface area contributed by atoms with Gasteiger partial charge in [0.25, 0.3) is 0 Å². The zero-order valence-corrected chi connectivity index (χ0v) is 29.1. The van der Waals surface area contributed by atoms with Gasteiger partial charge in [-0.3, -0.25) is 4.90 Å². The van der Waals surface area contributed by atoms with Crippen LogP contribution >= 0.6 is 0 Å². The molecule has 3 aliphatic heterocycles. The van der Waals surface area contributed by atoms with Crippen molar-refractivity contribution in [1.82, 2.24) is 4.90 Å². The molecule has 0 aromatic carbocycles. The molecule has 5 aliphatic carbocycles. The highest BCUT2D eigenvalue weighted by atomic mass is 16.7. The second-order valence-corrected chi connectivity index (χ2v) is 18.8. The van der Waals surface area contributed by atoms with E-state index in [1.165, 1.54) is 38.5 Å². The molecular formula is C37H62N2O6. The third kappa shape index (κ3) is 4.12. The van der Waals surface area contributed by atoms with Crippen LogP contribution in [0.3, 0.4) is 0 Å². The maximum Gasteiger partial charge on any atom is 0.170 e. The van der Waals surface area contributed by atoms with Gasteiger partial charge in [-0.1, -0.05) is 34.6 Å². The number of fused-ring (bicyclic) bond motifs is 4. The van der Waals surface area contributed by atoms with Gasteiger partial charge in [-0.2, -0.15) is 0 Å². The second kappa shape index (κ2) is 10.1. The first kappa shape index (κ1) is 31.9. The first-order chi connectivity index (χ1) is 21.1. The van der Waals surface area contributed by atoms with Crippen LogP contribution in [-0.4, -0.2) is 96.4 Å². The monoisotopic (exact) mass is 630 g/mol. The number of morpholine rings is 1. The van der Waals surface area contributed by atoms with Crippen LogP contribution in [0.25, 0.3) is 0 Å². The van der Waals surface area contributed by atoms with Crippen LogP contribution in [0, 0.1) is 50.7 Å². The average molecular weight is 631 g/mol. The van der Waals surface area contributed by atoms with Crippen LogP contribution in [0.5, 0.6) is 0 Å². The summed E-state index contributed by atoms with van der Waals surface area (Å²) in [4.78, 5) is 2.51. The van der Waals surface area contributed by atoms with Gasteiger partial charge >= 0.3 is 0 Å². The minimum atomic E-state index is -1.02. The Morgan fingerprint density at radius 3 is 2.40 bits per heavy atom. The topological polar surface area (TPSA) is 107 Å². The molecule has 5 saturated carbocycles. The summed E-state index contributed by atoms with van der Waals surface area (Å²) >= 11 is 0. The van der Waals surface area contributed by atoms with Gasteiger partial charge in [0.05, 0.1) is 68.5 Å². The smallest absolute Gasteiger partial charge is 0.170 e. The third-order valence-corrected chi connectivity index (χ3v) is 16.5. The van der Waals surface area contributed by atoms with E-state index in [2.05, 4.69) is 39.5 Å². The van der Waals surface area contributed by atoms with E-state index in [4.69, 9.17) is 24.7 Å². The van der Waals surface area contributed by atoms with E-state index in [0.717, 1.165) is 45.8 Å². The Balaban J connectivity index is 1.03. The molecule has 2 unspecified atom stereocenters. The fraction of sp³-hybridized carbons (Fsp3) is 1.00. The fourth-order valence-electron chi connectivity index (χ4n) is 13.9. The van der Waals surface area contributed by atoms with Gasteiger partial charge < -0.3 is 34.9 Å². The predicted molar refractivity (Wildman–Crippen MR) is 171 cm³/mol. The standard InChI is InChI=1S/C37H62N2O6/c1-21-16-23(30(38)33(4,5)41)44-29-28(21)34(6)12-13-37-20-36(37)11-10-26(45-27-17-39(14-15-43-27)22-18-42-19-22)32(2,3)24(36)8-9-25(37)35(34,7)31(29)40/h21-31,40-41H,8-20,38H2,1-7H3/t21-,23-,24?,25+,26+,27+,28+,29+,30+,31+,34-,35-,36-,37?/m1/s1. The Hall–Kier alpha value is -0.320. The molecule has 0 bridgehead atoms. The first-order valence-electron chi connectivity index (χ1n) is 18.5. The summed E-state index contributed by atoms with van der Waals surface area (Å²) in [5, 5.41) is 23.2. The Kier molecular flexibility index (Phi) is 7.18. The van der Waals surface area contributed by atoms with Gasteiger partial charge in [-0.05, 0) is 111 Å². The molecule has 14 atom stereocenters. The zero-order valence-electron chi connectivity index (χ0n) is 29.1. The molecule has 256 valence electrons. The number of ether oxygens (including phenoxy) is 4. The van der Waals surface area contributed by atoms with E-state index >= 15 is 0 Å². The summed E-state index contributed by atoms with van der Waals surface area (Å²) in [5.41, 5.74) is 6.15. The van der Waals surface area contributed by atoms with Gasteiger partial charge in [-0.15, -0.1) is 0 Å². The molecular weight excluding hydrogens is 568 g/mol. The van der Waals surface area contributed by atoms with E-state index in [-0.39, 0.29) is 40.8 Å². The molecule has 0 amide bonds. The minimum absolute atomic E-state index is 0.0261. The van der Waals surface area contributed by atoms with Crippen molar-refractivity contribution in [2.24, 2.45) is 56.5 Å². The number of nitrogens with two attached hydrogens (primary N) is 1. The van der Waals surface area contributed by atoms with E-state index in [0.29, 0.717) is 40.5 Å². The summed E-state index contributed by atoms with van der Waals surface area (Å²) in [6.45, 7) is 20.1. The highest BCUT2D eigenvalue weighted by molar-refractivity contribution is 5.33. The Morgan fingerprint density at radius 2 is 1.71 bits per heavy atom. The largest absolute Gasteiger partial charge is 0.390 e. The van der Waals surface area contributed by atoms with Crippen LogP contribution in [0.2, 0.25) is 0 Å². The van der Waals surface area contributed by atoms with E-state index in [1.807, 2.05) is 0 Å². The fourth-order valence-corrected chi connectivity index (χ4v) is 13.9. The van der Waals surface area contributed by atoms with Crippen molar-refractivity contribution in [3.8, 4) is 0 Å². The van der Waals surface area contributed by atoms with Gasteiger partial charge in [0.2, 0.25) is 0 Å². The van der Waals surface area contributed by atoms with Crippen molar-refractivity contribution in [3.05, 3.63) is 0 Å². The summed E-state index contributed by atoms with van der Waals surface area (Å²) in [7, 11) is 0. The molecule has 2 spiro atoms. The van der Waals surface area contributed by atoms with Crippen molar-refractivity contribution in [3.63, 3.8) is 0 Å². The third-order valence-electron chi connectivity index (χ3n) is 16.5. The quantitative estimate of drug-likeness (QED) is 0.412. The van der Waals surface area contributed by atoms with Crippen molar-refractivity contribution in [1.29, 1.82) is 0 Å². The molecule has 8 fully saturated rings. The summed E-state index contributed by atoms with van der Waals surface area (Å²) < 4.78 is 25.4. The van der Waals surface area contributed by atoms with Gasteiger partial charge in [0.15, 0.2) is 6.29 Å². The maximum atomic E-state index is 12.5. The van der Waals surface area contributed by atoms with E-state index in [9.17, 15) is 10.2 Å². The van der Waals surface area contributed by atoms with E-state index < -0.39 is 17.7 Å². The molecule has 8 rings (SSSR count). The molecule has 0 radical (unpaired) electrons. The lowest BCUT2D eigenvalue weighted by molar-refractivity contribution is -0.256. The number of aliphatic hydroxyl groups excluding tert-OH is 1. The SMILES string of the molecule is C[C@@H]1C[C@H]([C@H](N)C(C)(C)O)O[C@H]2[C@H]1[C@@]1(C)CCC34C[C@@]35CC[C@H](O[C@H]3CN(C6COC6)CCO3)C(C)(C)C5CC[C@H]4[C@]1(C)[C@H]2O. The van der Waals surface area contributed by atoms with Crippen LogP contribution in [0.4, 0.5) is 0 Å². The molecule has 0 aromatic heterocycles. The number of rotatable bonds is 5. The summed E-state index contributed by atoms with van der Waals surface area (Å²) in [6, 6.07) is 0.0497. The van der Waals surface area contributed by atoms with Gasteiger partial charge in [-0.25, -0.2) is 0 Å². The first-order valence-corrected chi connectivity index (χ1v) is 18.5. The highest BCUT2D eigenvalue weighted by Crippen LogP contribution is 2.89. The number of nitrogens with zero attached hydrogens (tertiary/aromatic N) is 1. The van der Waals surface area contributed by atoms with Crippen molar-refractivity contribution < 1.29 is 29.2 Å². The molecule has 3 saturated heterocycles. The van der Waals surface area contributed by atoms with Crippen molar-refractivity contribution in [2.45, 2.75) is 148 Å².